The molecule has 1 saturated heterocycles. The fourth-order valence-electron chi connectivity index (χ4n) is 2.86. The number of nitrogens with one attached hydrogen (secondary N) is 1. The first-order chi connectivity index (χ1) is 10.9. The van der Waals surface area contributed by atoms with E-state index in [1.165, 1.54) is 11.6 Å². The SMILES string of the molecule is CC1CNCCN1C(=O)c1ccc2c(=O)n(C)c(=O)n(C)c2n1. The molecule has 1 fully saturated rings. The summed E-state index contributed by atoms with van der Waals surface area (Å²) in [6, 6.07) is 3.18. The van der Waals surface area contributed by atoms with Gasteiger partial charge < -0.3 is 10.2 Å². The van der Waals surface area contributed by atoms with Crippen LogP contribution in [0.5, 0.6) is 0 Å². The highest BCUT2D eigenvalue weighted by Gasteiger charge is 2.25. The van der Waals surface area contributed by atoms with Crippen molar-refractivity contribution in [1.82, 2.24) is 24.3 Å². The average Bonchev–Trinajstić information content (AvgIpc) is 2.57. The highest BCUT2D eigenvalue weighted by Crippen LogP contribution is 2.12. The van der Waals surface area contributed by atoms with Crippen LogP contribution >= 0.6 is 0 Å². The third kappa shape index (κ3) is 2.44. The minimum Gasteiger partial charge on any atom is -0.332 e. The molecule has 1 atom stereocenters. The molecule has 1 unspecified atom stereocenters. The Morgan fingerprint density at radius 1 is 1.26 bits per heavy atom. The van der Waals surface area contributed by atoms with E-state index in [1.807, 2.05) is 6.92 Å². The maximum atomic E-state index is 12.7. The van der Waals surface area contributed by atoms with Crippen LogP contribution in [-0.2, 0) is 14.1 Å². The smallest absolute Gasteiger partial charge is 0.332 e. The van der Waals surface area contributed by atoms with E-state index in [9.17, 15) is 14.4 Å². The van der Waals surface area contributed by atoms with Crippen LogP contribution in [0.2, 0.25) is 0 Å². The molecule has 1 aliphatic heterocycles. The maximum Gasteiger partial charge on any atom is 0.332 e. The van der Waals surface area contributed by atoms with Crippen LogP contribution in [0.4, 0.5) is 0 Å². The van der Waals surface area contributed by atoms with Crippen molar-refractivity contribution in [2.24, 2.45) is 14.1 Å². The number of carbonyl (C=O) groups excluding carboxylic acids is 1. The number of aryl methyl sites for hydroxylation is 1. The normalized spacial score (nSPS) is 18.4. The Labute approximate surface area is 132 Å². The summed E-state index contributed by atoms with van der Waals surface area (Å²) in [5.74, 6) is -0.186. The molecule has 1 amide bonds. The lowest BCUT2D eigenvalue weighted by Gasteiger charge is -2.33. The molecule has 0 saturated carbocycles. The van der Waals surface area contributed by atoms with Gasteiger partial charge in [0.05, 0.1) is 5.39 Å². The van der Waals surface area contributed by atoms with Gasteiger partial charge in [0, 0.05) is 39.8 Å². The van der Waals surface area contributed by atoms with Crippen LogP contribution < -0.4 is 16.6 Å². The third-order valence-corrected chi connectivity index (χ3v) is 4.28. The van der Waals surface area contributed by atoms with Gasteiger partial charge in [-0.2, -0.15) is 0 Å². The van der Waals surface area contributed by atoms with Crippen LogP contribution in [0.1, 0.15) is 17.4 Å². The summed E-state index contributed by atoms with van der Waals surface area (Å²) in [4.78, 5) is 42.9. The summed E-state index contributed by atoms with van der Waals surface area (Å²) in [6.45, 7) is 4.05. The van der Waals surface area contributed by atoms with E-state index < -0.39 is 11.2 Å². The molecule has 2 aromatic heterocycles. The van der Waals surface area contributed by atoms with E-state index in [2.05, 4.69) is 10.3 Å². The maximum absolute atomic E-state index is 12.7. The van der Waals surface area contributed by atoms with E-state index in [0.717, 1.165) is 17.7 Å². The Morgan fingerprint density at radius 2 is 2.00 bits per heavy atom. The van der Waals surface area contributed by atoms with Gasteiger partial charge in [0.15, 0.2) is 0 Å². The zero-order chi connectivity index (χ0) is 16.7. The topological polar surface area (TPSA) is 89.2 Å². The Hall–Kier alpha value is -2.48. The van der Waals surface area contributed by atoms with Crippen molar-refractivity contribution >= 4 is 16.9 Å². The summed E-state index contributed by atoms with van der Waals surface area (Å²) in [5, 5.41) is 3.55. The molecule has 8 heteroatoms. The fraction of sp³-hybridized carbons (Fsp3) is 0.467. The van der Waals surface area contributed by atoms with Crippen molar-refractivity contribution in [2.75, 3.05) is 19.6 Å². The summed E-state index contributed by atoms with van der Waals surface area (Å²) in [5.41, 5.74) is -0.401. The van der Waals surface area contributed by atoms with Gasteiger partial charge in [-0.3, -0.25) is 18.7 Å². The summed E-state index contributed by atoms with van der Waals surface area (Å²) < 4.78 is 2.32. The van der Waals surface area contributed by atoms with Crippen molar-refractivity contribution in [1.29, 1.82) is 0 Å². The van der Waals surface area contributed by atoms with Gasteiger partial charge in [-0.05, 0) is 19.1 Å². The molecule has 23 heavy (non-hydrogen) atoms. The first-order valence-electron chi connectivity index (χ1n) is 7.50. The Morgan fingerprint density at radius 3 is 2.70 bits per heavy atom. The van der Waals surface area contributed by atoms with E-state index in [0.29, 0.717) is 11.9 Å². The number of carbonyl (C=O) groups is 1. The minimum atomic E-state index is -0.463. The van der Waals surface area contributed by atoms with Crippen LogP contribution in [0.15, 0.2) is 21.7 Å². The molecule has 3 rings (SSSR count). The lowest BCUT2D eigenvalue weighted by Crippen LogP contribution is -2.52. The van der Waals surface area contributed by atoms with Crippen LogP contribution in [0.25, 0.3) is 11.0 Å². The number of pyridine rings is 1. The van der Waals surface area contributed by atoms with Crippen molar-refractivity contribution in [3.8, 4) is 0 Å². The molecule has 0 bridgehead atoms. The van der Waals surface area contributed by atoms with Gasteiger partial charge in [0.1, 0.15) is 11.3 Å². The summed E-state index contributed by atoms with van der Waals surface area (Å²) >= 11 is 0. The molecule has 0 aromatic carbocycles. The molecule has 0 radical (unpaired) electrons. The lowest BCUT2D eigenvalue weighted by atomic mass is 10.2. The molecule has 0 spiro atoms. The van der Waals surface area contributed by atoms with Crippen molar-refractivity contribution in [3.63, 3.8) is 0 Å². The standard InChI is InChI=1S/C15H19N5O3/c1-9-8-16-6-7-20(9)14(22)11-5-4-10-12(17-11)18(2)15(23)19(3)13(10)21/h4-5,9,16H,6-8H2,1-3H3. The molecular formula is C15H19N5O3. The number of piperazine rings is 1. The van der Waals surface area contributed by atoms with Gasteiger partial charge >= 0.3 is 5.69 Å². The van der Waals surface area contributed by atoms with E-state index in [4.69, 9.17) is 0 Å². The van der Waals surface area contributed by atoms with E-state index >= 15 is 0 Å². The number of fused-ring (bicyclic) bond motifs is 1. The van der Waals surface area contributed by atoms with Gasteiger partial charge in [-0.25, -0.2) is 9.78 Å². The Bertz CT molecular complexity index is 898. The zero-order valence-electron chi connectivity index (χ0n) is 13.4. The van der Waals surface area contributed by atoms with E-state index in [-0.39, 0.29) is 23.3 Å². The molecular weight excluding hydrogens is 298 g/mol. The first kappa shape index (κ1) is 15.4. The van der Waals surface area contributed by atoms with Crippen molar-refractivity contribution in [3.05, 3.63) is 38.7 Å². The fourth-order valence-corrected chi connectivity index (χ4v) is 2.86. The highest BCUT2D eigenvalue weighted by molar-refractivity contribution is 5.94. The predicted molar refractivity (Wildman–Crippen MR) is 85.6 cm³/mol. The summed E-state index contributed by atoms with van der Waals surface area (Å²) in [6.07, 6.45) is 0. The number of hydrogen-bond donors (Lipinski definition) is 1. The van der Waals surface area contributed by atoms with E-state index in [1.54, 1.807) is 24.1 Å². The van der Waals surface area contributed by atoms with Gasteiger partial charge in [0.25, 0.3) is 11.5 Å². The summed E-state index contributed by atoms with van der Waals surface area (Å²) in [7, 11) is 2.96. The number of amides is 1. The largest absolute Gasteiger partial charge is 0.332 e. The minimum absolute atomic E-state index is 0.0706. The Kier molecular flexibility index (Phi) is 3.77. The van der Waals surface area contributed by atoms with Crippen molar-refractivity contribution < 1.29 is 4.79 Å². The van der Waals surface area contributed by atoms with Gasteiger partial charge in [0.2, 0.25) is 0 Å². The van der Waals surface area contributed by atoms with Gasteiger partial charge in [-0.15, -0.1) is 0 Å². The second-order valence-electron chi connectivity index (χ2n) is 5.83. The van der Waals surface area contributed by atoms with Crippen LogP contribution in [0, 0.1) is 0 Å². The Balaban J connectivity index is 2.12. The van der Waals surface area contributed by atoms with Crippen LogP contribution in [0.3, 0.4) is 0 Å². The monoisotopic (exact) mass is 317 g/mol. The molecule has 0 aliphatic carbocycles. The first-order valence-corrected chi connectivity index (χ1v) is 7.50. The molecule has 122 valence electrons. The molecule has 3 heterocycles. The molecule has 1 aliphatic rings. The quantitative estimate of drug-likeness (QED) is 0.734. The molecule has 8 nitrogen and oxygen atoms in total. The number of nitrogens with zero attached hydrogens (tertiary/aromatic N) is 4. The predicted octanol–water partition coefficient (Wildman–Crippen LogP) is -0.934. The highest BCUT2D eigenvalue weighted by atomic mass is 16.2. The third-order valence-electron chi connectivity index (χ3n) is 4.28. The average molecular weight is 317 g/mol. The number of rotatable bonds is 1. The number of aromatic nitrogens is 3. The van der Waals surface area contributed by atoms with Gasteiger partial charge in [-0.1, -0.05) is 0 Å². The molecule has 1 N–H and O–H groups in total. The number of hydrogen-bond acceptors (Lipinski definition) is 5. The zero-order valence-corrected chi connectivity index (χ0v) is 13.4. The van der Waals surface area contributed by atoms with Crippen molar-refractivity contribution in [2.45, 2.75) is 13.0 Å². The second kappa shape index (κ2) is 5.62. The molecule has 2 aromatic rings. The lowest BCUT2D eigenvalue weighted by molar-refractivity contribution is 0.0650. The van der Waals surface area contributed by atoms with Crippen LogP contribution in [-0.4, -0.2) is 50.6 Å². The second-order valence-corrected chi connectivity index (χ2v) is 5.83.